The molecule has 0 bridgehead atoms. The Balaban J connectivity index is 1.74. The van der Waals surface area contributed by atoms with Crippen LogP contribution in [0.3, 0.4) is 0 Å². The van der Waals surface area contributed by atoms with Gasteiger partial charge in [0, 0.05) is 31.1 Å². The van der Waals surface area contributed by atoms with E-state index in [1.54, 1.807) is 0 Å². The molecule has 0 aliphatic rings. The van der Waals surface area contributed by atoms with E-state index in [0.717, 1.165) is 37.2 Å². The van der Waals surface area contributed by atoms with Gasteiger partial charge in [0.15, 0.2) is 0 Å². The Labute approximate surface area is 140 Å². The van der Waals surface area contributed by atoms with Crippen LogP contribution in [0.1, 0.15) is 16.0 Å². The fourth-order valence-corrected chi connectivity index (χ4v) is 3.46. The Kier molecular flexibility index (Phi) is 5.05. The zero-order valence-corrected chi connectivity index (χ0v) is 14.6. The Morgan fingerprint density at radius 1 is 1.04 bits per heavy atom. The van der Waals surface area contributed by atoms with Gasteiger partial charge in [-0.05, 0) is 66.0 Å². The minimum Gasteiger partial charge on any atom is -0.308 e. The molecule has 0 aliphatic carbocycles. The largest absolute Gasteiger partial charge is 0.308 e. The second-order valence-corrected chi connectivity index (χ2v) is 7.13. The molecule has 2 heterocycles. The third kappa shape index (κ3) is 4.16. The maximum absolute atomic E-state index is 4.79. The van der Waals surface area contributed by atoms with Crippen molar-refractivity contribution in [2.45, 2.75) is 20.0 Å². The first kappa shape index (κ1) is 16.1. The minimum absolute atomic E-state index is 0.808. The summed E-state index contributed by atoms with van der Waals surface area (Å²) in [4.78, 5) is 6.14. The van der Waals surface area contributed by atoms with Crippen molar-refractivity contribution in [1.29, 1.82) is 0 Å². The molecule has 1 aromatic carbocycles. The summed E-state index contributed by atoms with van der Waals surface area (Å²) < 4.78 is 4.79. The molecule has 5 nitrogen and oxygen atoms in total. The fourth-order valence-electron chi connectivity index (χ4n) is 2.51. The number of thiophene rings is 1. The molecule has 3 aromatic rings. The molecule has 0 saturated carbocycles. The lowest BCUT2D eigenvalue weighted by atomic mass is 10.1. The monoisotopic (exact) mass is 330 g/mol. The molecule has 0 atom stereocenters. The average Bonchev–Trinajstić information content (AvgIpc) is 3.13. The van der Waals surface area contributed by atoms with Crippen LogP contribution in [0.25, 0.3) is 11.0 Å². The van der Waals surface area contributed by atoms with Crippen molar-refractivity contribution in [2.24, 2.45) is 0 Å². The number of aryl methyl sites for hydroxylation is 1. The molecule has 122 valence electrons. The molecule has 0 spiro atoms. The number of likely N-dealkylation sites (N-methyl/N-ethyl adjacent to an activating group) is 1. The van der Waals surface area contributed by atoms with Gasteiger partial charge in [0.05, 0.1) is 0 Å². The second-order valence-electron chi connectivity index (χ2n) is 6.13. The normalized spacial score (nSPS) is 11.9. The van der Waals surface area contributed by atoms with Gasteiger partial charge >= 0.3 is 0 Å². The molecule has 0 radical (unpaired) electrons. The highest BCUT2D eigenvalue weighted by molar-refractivity contribution is 7.10. The van der Waals surface area contributed by atoms with E-state index in [-0.39, 0.29) is 0 Å². The van der Waals surface area contributed by atoms with E-state index < -0.39 is 0 Å². The first-order valence-corrected chi connectivity index (χ1v) is 8.61. The molecule has 3 rings (SSSR count). The molecule has 0 unspecified atom stereocenters. The van der Waals surface area contributed by atoms with Gasteiger partial charge in [-0.1, -0.05) is 6.07 Å². The van der Waals surface area contributed by atoms with Crippen LogP contribution >= 0.6 is 11.3 Å². The third-order valence-electron chi connectivity index (χ3n) is 3.92. The lowest BCUT2D eigenvalue weighted by Crippen LogP contribution is -2.31. The Morgan fingerprint density at radius 3 is 2.61 bits per heavy atom. The number of hydrogen-bond acceptors (Lipinski definition) is 6. The first-order valence-electron chi connectivity index (χ1n) is 7.73. The number of rotatable bonds is 7. The summed E-state index contributed by atoms with van der Waals surface area (Å²) >= 11 is 1.83. The summed E-state index contributed by atoms with van der Waals surface area (Å²) in [5.74, 6) is 0. The highest BCUT2D eigenvalue weighted by atomic mass is 32.1. The van der Waals surface area contributed by atoms with Gasteiger partial charge in [0.2, 0.25) is 0 Å². The average molecular weight is 330 g/mol. The molecule has 0 saturated heterocycles. The van der Waals surface area contributed by atoms with Crippen molar-refractivity contribution in [3.63, 3.8) is 0 Å². The van der Waals surface area contributed by atoms with E-state index in [1.165, 1.54) is 16.0 Å². The predicted molar refractivity (Wildman–Crippen MR) is 93.5 cm³/mol. The van der Waals surface area contributed by atoms with Gasteiger partial charge < -0.3 is 4.90 Å². The van der Waals surface area contributed by atoms with Crippen molar-refractivity contribution in [3.8, 4) is 0 Å². The predicted octanol–water partition coefficient (Wildman–Crippen LogP) is 3.16. The lowest BCUT2D eigenvalue weighted by Gasteiger charge is -2.24. The van der Waals surface area contributed by atoms with E-state index in [0.29, 0.717) is 0 Å². The molecule has 0 amide bonds. The molecule has 0 aliphatic heterocycles. The maximum Gasteiger partial charge on any atom is 0.135 e. The topological polar surface area (TPSA) is 45.4 Å². The summed E-state index contributed by atoms with van der Waals surface area (Å²) in [6, 6.07) is 8.34. The van der Waals surface area contributed by atoms with Crippen LogP contribution in [-0.2, 0) is 13.1 Å². The number of fused-ring (bicyclic) bond motifs is 1. The van der Waals surface area contributed by atoms with Crippen LogP contribution in [0, 0.1) is 6.92 Å². The summed E-state index contributed by atoms with van der Waals surface area (Å²) in [6.07, 6.45) is 0. The Bertz CT molecular complexity index is 765. The Hall–Kier alpha value is -1.76. The maximum atomic E-state index is 4.79. The SMILES string of the molecule is Cc1ccsc1CN(CCN(C)C)Cc1ccc2nonc2c1. The standard InChI is InChI=1S/C17H22N4OS/c1-13-6-9-23-17(13)12-21(8-7-20(2)3)11-14-4-5-15-16(10-14)19-22-18-15/h4-6,9-10H,7-8,11-12H2,1-3H3. The molecule has 0 fully saturated rings. The van der Waals surface area contributed by atoms with Crippen LogP contribution in [0.4, 0.5) is 0 Å². The third-order valence-corrected chi connectivity index (χ3v) is 4.93. The van der Waals surface area contributed by atoms with Crippen LogP contribution in [0.5, 0.6) is 0 Å². The van der Waals surface area contributed by atoms with Crippen molar-refractivity contribution < 1.29 is 4.63 Å². The van der Waals surface area contributed by atoms with Gasteiger partial charge in [-0.25, -0.2) is 4.63 Å². The fraction of sp³-hybridized carbons (Fsp3) is 0.412. The summed E-state index contributed by atoms with van der Waals surface area (Å²) in [7, 11) is 4.23. The number of nitrogens with zero attached hydrogens (tertiary/aromatic N) is 4. The zero-order valence-electron chi connectivity index (χ0n) is 13.8. The van der Waals surface area contributed by atoms with E-state index in [1.807, 2.05) is 17.4 Å². The van der Waals surface area contributed by atoms with Crippen molar-refractivity contribution in [3.05, 3.63) is 45.6 Å². The molecular formula is C17H22N4OS. The number of benzene rings is 1. The second kappa shape index (κ2) is 7.21. The smallest absolute Gasteiger partial charge is 0.135 e. The highest BCUT2D eigenvalue weighted by Gasteiger charge is 2.11. The highest BCUT2D eigenvalue weighted by Crippen LogP contribution is 2.20. The van der Waals surface area contributed by atoms with E-state index >= 15 is 0 Å². The van der Waals surface area contributed by atoms with E-state index in [9.17, 15) is 0 Å². The van der Waals surface area contributed by atoms with E-state index in [4.69, 9.17) is 4.63 Å². The van der Waals surface area contributed by atoms with Crippen molar-refractivity contribution in [1.82, 2.24) is 20.1 Å². The number of aromatic nitrogens is 2. The summed E-state index contributed by atoms with van der Waals surface area (Å²) in [5, 5.41) is 9.97. The summed E-state index contributed by atoms with van der Waals surface area (Å²) in [6.45, 7) is 6.13. The van der Waals surface area contributed by atoms with Crippen LogP contribution in [0.2, 0.25) is 0 Å². The van der Waals surface area contributed by atoms with Crippen LogP contribution < -0.4 is 0 Å². The minimum atomic E-state index is 0.808. The number of hydrogen-bond donors (Lipinski definition) is 0. The summed E-state index contributed by atoms with van der Waals surface area (Å²) in [5.41, 5.74) is 4.24. The van der Waals surface area contributed by atoms with Gasteiger partial charge in [-0.2, -0.15) is 0 Å². The van der Waals surface area contributed by atoms with Crippen LogP contribution in [-0.4, -0.2) is 47.3 Å². The molecular weight excluding hydrogens is 308 g/mol. The van der Waals surface area contributed by atoms with Crippen molar-refractivity contribution in [2.75, 3.05) is 27.2 Å². The van der Waals surface area contributed by atoms with Gasteiger partial charge in [-0.3, -0.25) is 4.90 Å². The van der Waals surface area contributed by atoms with Crippen molar-refractivity contribution >= 4 is 22.4 Å². The van der Waals surface area contributed by atoms with Gasteiger partial charge in [0.25, 0.3) is 0 Å². The molecule has 2 aromatic heterocycles. The first-order chi connectivity index (χ1) is 11.1. The molecule has 0 N–H and O–H groups in total. The Morgan fingerprint density at radius 2 is 1.87 bits per heavy atom. The van der Waals surface area contributed by atoms with Gasteiger partial charge in [-0.15, -0.1) is 11.3 Å². The quantitative estimate of drug-likeness (QED) is 0.666. The lowest BCUT2D eigenvalue weighted by molar-refractivity contribution is 0.227. The zero-order chi connectivity index (χ0) is 16.2. The van der Waals surface area contributed by atoms with Gasteiger partial charge in [0.1, 0.15) is 11.0 Å². The molecule has 6 heteroatoms. The van der Waals surface area contributed by atoms with Crippen LogP contribution in [0.15, 0.2) is 34.3 Å². The van der Waals surface area contributed by atoms with E-state index in [2.05, 4.69) is 64.7 Å². The molecule has 23 heavy (non-hydrogen) atoms.